The molecule has 9 rings (SSSR count). The molecule has 4 aliphatic rings. The zero-order chi connectivity index (χ0) is 52.0. The van der Waals surface area contributed by atoms with Gasteiger partial charge in [-0.25, -0.2) is 9.98 Å². The first-order valence-electron chi connectivity index (χ1n) is 24.6. The molecule has 5 unspecified atom stereocenters. The maximum atomic E-state index is 14.7. The lowest BCUT2D eigenvalue weighted by Gasteiger charge is -2.28. The molecule has 382 valence electrons. The van der Waals surface area contributed by atoms with Crippen molar-refractivity contribution in [3.8, 4) is 0 Å². The molecule has 5 N–H and O–H groups in total. The highest BCUT2D eigenvalue weighted by Gasteiger charge is 2.51. The smallest absolute Gasteiger partial charge is 0.369 e. The maximum absolute atomic E-state index is 14.7. The third-order valence-electron chi connectivity index (χ3n) is 14.2. The molecule has 1 aromatic heterocycles. The van der Waals surface area contributed by atoms with Crippen LogP contribution < -0.4 is 16.8 Å². The van der Waals surface area contributed by atoms with Gasteiger partial charge in [0.05, 0.1) is 41.3 Å². The second-order valence-corrected chi connectivity index (χ2v) is 20.8. The molecular weight excluding hydrogens is 961 g/mol. The number of aromatic nitrogens is 2. The Morgan fingerprint density at radius 2 is 1.42 bits per heavy atom. The summed E-state index contributed by atoms with van der Waals surface area (Å²) < 4.78 is 48.4. The highest BCUT2D eigenvalue weighted by Crippen LogP contribution is 2.44. The monoisotopic (exact) mass is 1020 g/mol. The summed E-state index contributed by atoms with van der Waals surface area (Å²) in [5.74, 6) is -0.743. The van der Waals surface area contributed by atoms with Crippen LogP contribution in [-0.2, 0) is 46.5 Å². The van der Waals surface area contributed by atoms with Gasteiger partial charge in [-0.15, -0.1) is 0 Å². The summed E-state index contributed by atoms with van der Waals surface area (Å²) in [7, 11) is 1.36. The van der Waals surface area contributed by atoms with Crippen molar-refractivity contribution in [1.82, 2.24) is 30.2 Å². The van der Waals surface area contributed by atoms with Crippen molar-refractivity contribution < 1.29 is 36.9 Å². The Labute approximate surface area is 426 Å². The van der Waals surface area contributed by atoms with Crippen molar-refractivity contribution in [3.05, 3.63) is 153 Å². The highest BCUT2D eigenvalue weighted by molar-refractivity contribution is 6.33. The zero-order valence-electron chi connectivity index (χ0n) is 41.0. The van der Waals surface area contributed by atoms with Crippen LogP contribution in [0, 0.1) is 17.8 Å². The summed E-state index contributed by atoms with van der Waals surface area (Å²) in [5.41, 5.74) is 11.2. The van der Waals surface area contributed by atoms with Gasteiger partial charge in [0.1, 0.15) is 0 Å². The number of nitrogens with two attached hydrogens (primary N) is 2. The molecule has 5 atom stereocenters. The third kappa shape index (κ3) is 10.6. The fraction of sp³-hybridized carbons (Fsp3) is 0.407. The van der Waals surface area contributed by atoms with E-state index in [1.54, 1.807) is 42.5 Å². The molecular formula is C54H58ClF3N10O5. The van der Waals surface area contributed by atoms with Gasteiger partial charge >= 0.3 is 6.18 Å². The van der Waals surface area contributed by atoms with E-state index >= 15 is 0 Å². The van der Waals surface area contributed by atoms with Crippen LogP contribution in [0.2, 0.25) is 5.02 Å². The van der Waals surface area contributed by atoms with E-state index in [4.69, 9.17) is 37.6 Å². The third-order valence-corrected chi connectivity index (χ3v) is 14.6. The van der Waals surface area contributed by atoms with Crippen molar-refractivity contribution in [3.63, 3.8) is 0 Å². The normalized spacial score (nSPS) is 22.2. The molecule has 4 aromatic carbocycles. The van der Waals surface area contributed by atoms with Gasteiger partial charge in [-0.2, -0.15) is 18.2 Å². The minimum atomic E-state index is -4.85. The van der Waals surface area contributed by atoms with E-state index < -0.39 is 40.2 Å². The predicted octanol–water partition coefficient (Wildman–Crippen LogP) is 8.67. The molecule has 2 saturated carbocycles. The number of carbonyl (C=O) groups excluding carboxylic acids is 4. The number of guanidine groups is 2. The lowest BCUT2D eigenvalue weighted by molar-refractivity contribution is -0.138. The number of nitrogens with one attached hydrogen (secondary N) is 1. The van der Waals surface area contributed by atoms with E-state index in [2.05, 4.69) is 22.4 Å². The lowest BCUT2D eigenvalue weighted by atomic mass is 9.82. The van der Waals surface area contributed by atoms with Crippen LogP contribution in [0.3, 0.4) is 0 Å². The number of rotatable bonds is 19. The Balaban J connectivity index is 0.833. The fourth-order valence-electron chi connectivity index (χ4n) is 10.2. The van der Waals surface area contributed by atoms with Crippen LogP contribution >= 0.6 is 11.6 Å². The molecule has 19 heteroatoms. The van der Waals surface area contributed by atoms with E-state index in [0.717, 1.165) is 48.3 Å². The van der Waals surface area contributed by atoms with Crippen molar-refractivity contribution in [2.45, 2.75) is 115 Å². The van der Waals surface area contributed by atoms with Gasteiger partial charge in [0.2, 0.25) is 5.89 Å². The number of aliphatic imine (C=N–C) groups is 2. The number of hydrogen-bond acceptors (Lipinski definition) is 11. The molecule has 0 radical (unpaired) electrons. The van der Waals surface area contributed by atoms with Gasteiger partial charge in [0.15, 0.2) is 28.8 Å². The number of hydrogen-bond donors (Lipinski definition) is 3. The topological polar surface area (TPSA) is 206 Å². The average Bonchev–Trinajstić information content (AvgIpc) is 4.26. The molecule has 0 saturated heterocycles. The summed E-state index contributed by atoms with van der Waals surface area (Å²) in [4.78, 5) is 73.9. The number of amides is 4. The van der Waals surface area contributed by atoms with Gasteiger partial charge in [-0.3, -0.25) is 29.0 Å². The van der Waals surface area contributed by atoms with Crippen LogP contribution in [0.15, 0.2) is 112 Å². The summed E-state index contributed by atoms with van der Waals surface area (Å²) in [6.45, 7) is 5.83. The summed E-state index contributed by atoms with van der Waals surface area (Å²) in [5, 5.41) is 7.30. The lowest BCUT2D eigenvalue weighted by Crippen LogP contribution is -2.43. The Bertz CT molecular complexity index is 2980. The molecule has 0 spiro atoms. The van der Waals surface area contributed by atoms with Gasteiger partial charge in [-0.05, 0) is 109 Å². The van der Waals surface area contributed by atoms with Crippen molar-refractivity contribution >= 4 is 47.1 Å². The largest absolute Gasteiger partial charge is 0.417 e. The van der Waals surface area contributed by atoms with E-state index in [0.29, 0.717) is 29.9 Å². The SMILES string of the molecule is CC(C)CC1(c2ccccc2)N=C(N)N(Cc2ccc(Cl)c(C(=O)NC3CC3CC(C)CCC3(c4ccccc4)N=C(N)N(Cc4ccc(C(F)(F)F)c(C(=O)N(C)Cc5noc(C6CC6)n5)c4)C3=O)c2)C1=O. The Morgan fingerprint density at radius 3 is 2.03 bits per heavy atom. The number of benzene rings is 4. The zero-order valence-corrected chi connectivity index (χ0v) is 41.8. The highest BCUT2D eigenvalue weighted by atomic mass is 35.5. The van der Waals surface area contributed by atoms with Crippen molar-refractivity contribution in [2.75, 3.05) is 7.05 Å². The van der Waals surface area contributed by atoms with Crippen LogP contribution in [0.5, 0.6) is 0 Å². The summed E-state index contributed by atoms with van der Waals surface area (Å²) in [6, 6.07) is 26.6. The quantitative estimate of drug-likeness (QED) is 0.0723. The first-order valence-corrected chi connectivity index (χ1v) is 25.0. The van der Waals surface area contributed by atoms with Gasteiger partial charge in [-0.1, -0.05) is 110 Å². The van der Waals surface area contributed by atoms with E-state index in [1.807, 2.05) is 50.2 Å². The van der Waals surface area contributed by atoms with E-state index in [9.17, 15) is 32.3 Å². The van der Waals surface area contributed by atoms with Gasteiger partial charge < -0.3 is 26.2 Å². The number of nitrogens with zero attached hydrogens (tertiary/aromatic N) is 7. The van der Waals surface area contributed by atoms with E-state index in [-0.39, 0.29) is 101 Å². The molecule has 2 aliphatic heterocycles. The van der Waals surface area contributed by atoms with Crippen molar-refractivity contribution in [2.24, 2.45) is 39.2 Å². The molecule has 2 aliphatic carbocycles. The van der Waals surface area contributed by atoms with Crippen molar-refractivity contribution in [1.29, 1.82) is 0 Å². The Morgan fingerprint density at radius 1 is 0.849 bits per heavy atom. The number of halogens is 4. The minimum Gasteiger partial charge on any atom is -0.369 e. The van der Waals surface area contributed by atoms with E-state index in [1.165, 1.54) is 22.9 Å². The fourth-order valence-corrected chi connectivity index (χ4v) is 10.4. The van der Waals surface area contributed by atoms with Gasteiger partial charge in [0, 0.05) is 19.0 Å². The molecule has 3 heterocycles. The summed E-state index contributed by atoms with van der Waals surface area (Å²) in [6.07, 6.45) is -0.246. The Hall–Kier alpha value is -7.08. The Kier molecular flexibility index (Phi) is 14.0. The molecule has 2 fully saturated rings. The van der Waals surface area contributed by atoms with Crippen LogP contribution in [0.4, 0.5) is 13.2 Å². The molecule has 5 aromatic rings. The standard InChI is InChI=1S/C54H58ClF3N10O5/c1-31(2)27-53(38-13-9-6-10-14-38)49(72)68(51(60)64-53)29-34-16-20-42(55)40(25-34)45(69)61-43-26-36(43)23-32(3)21-22-52(37-11-7-5-8-12-37)48(71)67(50(59)63-52)28-33-15-19-41(54(56,57)58)39(24-33)47(70)66(4)30-44-62-46(73-65-44)35-17-18-35/h5-16,19-20,24-25,31-32,35-36,43H,17-18,21-23,26-30H2,1-4H3,(H2,59,63)(H2,60,64)(H,61,69). The summed E-state index contributed by atoms with van der Waals surface area (Å²) >= 11 is 6.60. The second kappa shape index (κ2) is 20.1. The van der Waals surface area contributed by atoms with Crippen LogP contribution in [0.25, 0.3) is 0 Å². The molecule has 4 amide bonds. The van der Waals surface area contributed by atoms with Crippen LogP contribution in [-0.4, -0.2) is 73.5 Å². The molecule has 15 nitrogen and oxygen atoms in total. The molecule has 0 bridgehead atoms. The van der Waals surface area contributed by atoms with Crippen LogP contribution in [0.1, 0.15) is 132 Å². The second-order valence-electron chi connectivity index (χ2n) is 20.4. The number of carbonyl (C=O) groups is 4. The number of alkyl halides is 3. The average molecular weight is 1020 g/mol. The molecule has 73 heavy (non-hydrogen) atoms. The minimum absolute atomic E-state index is 0.0784. The maximum Gasteiger partial charge on any atom is 0.417 e. The first-order chi connectivity index (χ1) is 34.8. The first kappa shape index (κ1) is 50.8. The predicted molar refractivity (Wildman–Crippen MR) is 267 cm³/mol. The van der Waals surface area contributed by atoms with Gasteiger partial charge in [0.25, 0.3) is 23.6 Å².